The number of amides is 4. The SMILES string of the molecule is CC(C)C[C@H](NC(=O)[C@H](Cc1c[nH]cn1)NC(=O)C(CC(=O)NCCc1ccccc1)Cc1cccc2ccccc12)C(O)C(=O)N(C)C. The molecule has 0 spiro atoms. The number of likely N-dealkylation sites (N-methyl/N-ethyl adjacent to an activating group) is 1. The molecule has 0 saturated carbocycles. The van der Waals surface area contributed by atoms with E-state index in [4.69, 9.17) is 0 Å². The van der Waals surface area contributed by atoms with Crippen molar-refractivity contribution in [2.24, 2.45) is 11.8 Å². The summed E-state index contributed by atoms with van der Waals surface area (Å²) in [7, 11) is 3.07. The molecular weight excluding hydrogens is 620 g/mol. The zero-order chi connectivity index (χ0) is 35.3. The fourth-order valence-corrected chi connectivity index (χ4v) is 5.89. The van der Waals surface area contributed by atoms with Crippen LogP contribution >= 0.6 is 0 Å². The van der Waals surface area contributed by atoms with Gasteiger partial charge in [-0.1, -0.05) is 86.6 Å². The standard InChI is InChI=1S/C38H48N6O5/c1-25(2)19-32(35(46)38(49)44(3)4)42-37(48)33(22-30-23-39-24-41-30)43-36(47)29(20-28-15-10-14-27-13-8-9-16-31(27)28)21-34(45)40-18-17-26-11-6-5-7-12-26/h5-16,23-25,29,32-33,35,46H,17-22H2,1-4H3,(H,39,41)(H,40,45)(H,42,48)(H,43,47)/t29?,32-,33-,35?/m0/s1. The molecule has 2 unspecified atom stereocenters. The number of nitrogens with one attached hydrogen (secondary N) is 4. The van der Waals surface area contributed by atoms with Crippen LogP contribution in [0.3, 0.4) is 0 Å². The van der Waals surface area contributed by atoms with E-state index >= 15 is 0 Å². The van der Waals surface area contributed by atoms with E-state index in [2.05, 4.69) is 25.9 Å². The van der Waals surface area contributed by atoms with Crippen LogP contribution in [-0.4, -0.2) is 82.4 Å². The molecule has 3 aromatic carbocycles. The summed E-state index contributed by atoms with van der Waals surface area (Å²) in [5.74, 6) is -2.58. The maximum absolute atomic E-state index is 14.1. The fourth-order valence-electron chi connectivity index (χ4n) is 5.89. The highest BCUT2D eigenvalue weighted by molar-refractivity contribution is 5.92. The number of benzene rings is 3. The van der Waals surface area contributed by atoms with Gasteiger partial charge in [0.25, 0.3) is 5.91 Å². The first-order chi connectivity index (χ1) is 23.5. The minimum atomic E-state index is -1.47. The number of aromatic nitrogens is 2. The van der Waals surface area contributed by atoms with Gasteiger partial charge in [0, 0.05) is 39.7 Å². The molecule has 4 rings (SSSR count). The van der Waals surface area contributed by atoms with Gasteiger partial charge in [-0.15, -0.1) is 0 Å². The largest absolute Gasteiger partial charge is 0.381 e. The Morgan fingerprint density at radius 3 is 2.29 bits per heavy atom. The van der Waals surface area contributed by atoms with Gasteiger partial charge < -0.3 is 30.9 Å². The number of carbonyl (C=O) groups excluding carboxylic acids is 4. The van der Waals surface area contributed by atoms with E-state index in [0.29, 0.717) is 25.1 Å². The molecule has 4 amide bonds. The summed E-state index contributed by atoms with van der Waals surface area (Å²) in [6.45, 7) is 4.27. The van der Waals surface area contributed by atoms with E-state index in [1.807, 2.05) is 86.6 Å². The second-order valence-corrected chi connectivity index (χ2v) is 13.1. The number of imidazole rings is 1. The number of hydrogen-bond donors (Lipinski definition) is 5. The van der Waals surface area contributed by atoms with Gasteiger partial charge in [-0.25, -0.2) is 4.98 Å². The molecule has 0 saturated heterocycles. The monoisotopic (exact) mass is 668 g/mol. The Labute approximate surface area is 287 Å². The van der Waals surface area contributed by atoms with E-state index in [-0.39, 0.29) is 31.1 Å². The topological polar surface area (TPSA) is 157 Å². The highest BCUT2D eigenvalue weighted by atomic mass is 16.3. The molecule has 11 nitrogen and oxygen atoms in total. The first kappa shape index (κ1) is 36.8. The van der Waals surface area contributed by atoms with Gasteiger partial charge in [0.05, 0.1) is 24.0 Å². The van der Waals surface area contributed by atoms with Crippen molar-refractivity contribution in [3.05, 3.63) is 102 Å². The van der Waals surface area contributed by atoms with Crippen molar-refractivity contribution in [3.63, 3.8) is 0 Å². The van der Waals surface area contributed by atoms with Crippen molar-refractivity contribution in [1.82, 2.24) is 30.8 Å². The van der Waals surface area contributed by atoms with Crippen LogP contribution in [0, 0.1) is 11.8 Å². The lowest BCUT2D eigenvalue weighted by Crippen LogP contribution is -2.57. The number of aliphatic hydroxyl groups is 1. The molecule has 0 aliphatic heterocycles. The van der Waals surface area contributed by atoms with Crippen molar-refractivity contribution < 1.29 is 24.3 Å². The smallest absolute Gasteiger partial charge is 0.253 e. The second kappa shape index (κ2) is 17.9. The molecule has 5 N–H and O–H groups in total. The Balaban J connectivity index is 1.57. The van der Waals surface area contributed by atoms with E-state index < -0.39 is 41.8 Å². The van der Waals surface area contributed by atoms with Crippen LogP contribution in [0.2, 0.25) is 0 Å². The summed E-state index contributed by atoms with van der Waals surface area (Å²) in [6, 6.07) is 21.6. The number of rotatable bonds is 17. The van der Waals surface area contributed by atoms with Crippen LogP contribution in [0.15, 0.2) is 85.3 Å². The zero-order valence-corrected chi connectivity index (χ0v) is 28.7. The normalized spacial score (nSPS) is 13.7. The van der Waals surface area contributed by atoms with Crippen LogP contribution in [0.5, 0.6) is 0 Å². The van der Waals surface area contributed by atoms with Gasteiger partial charge in [0.15, 0.2) is 6.10 Å². The molecule has 49 heavy (non-hydrogen) atoms. The van der Waals surface area contributed by atoms with Crippen molar-refractivity contribution in [2.75, 3.05) is 20.6 Å². The average molecular weight is 669 g/mol. The molecule has 4 aromatic rings. The highest BCUT2D eigenvalue weighted by Crippen LogP contribution is 2.23. The number of H-pyrrole nitrogens is 1. The summed E-state index contributed by atoms with van der Waals surface area (Å²) in [5.41, 5.74) is 2.54. The quantitative estimate of drug-likeness (QED) is 0.116. The number of hydrogen-bond acceptors (Lipinski definition) is 6. The third-order valence-corrected chi connectivity index (χ3v) is 8.46. The Hall–Kier alpha value is -5.03. The lowest BCUT2D eigenvalue weighted by Gasteiger charge is -2.29. The molecule has 0 radical (unpaired) electrons. The van der Waals surface area contributed by atoms with E-state index in [0.717, 1.165) is 21.9 Å². The zero-order valence-electron chi connectivity index (χ0n) is 28.7. The Morgan fingerprint density at radius 1 is 0.878 bits per heavy atom. The third kappa shape index (κ3) is 11.0. The maximum Gasteiger partial charge on any atom is 0.253 e. The van der Waals surface area contributed by atoms with Crippen molar-refractivity contribution in [2.45, 2.75) is 64.1 Å². The summed E-state index contributed by atoms with van der Waals surface area (Å²) in [6.07, 6.45) is 2.86. The molecule has 4 atom stereocenters. The van der Waals surface area contributed by atoms with Crippen LogP contribution in [-0.2, 0) is 38.4 Å². The van der Waals surface area contributed by atoms with E-state index in [1.165, 1.54) is 25.3 Å². The third-order valence-electron chi connectivity index (χ3n) is 8.46. The molecule has 11 heteroatoms. The summed E-state index contributed by atoms with van der Waals surface area (Å²) < 4.78 is 0. The summed E-state index contributed by atoms with van der Waals surface area (Å²) in [5, 5.41) is 21.6. The number of aliphatic hydroxyl groups excluding tert-OH is 1. The Kier molecular flexibility index (Phi) is 13.5. The van der Waals surface area contributed by atoms with Gasteiger partial charge in [0.1, 0.15) is 6.04 Å². The van der Waals surface area contributed by atoms with Gasteiger partial charge in [-0.3, -0.25) is 19.2 Å². The second-order valence-electron chi connectivity index (χ2n) is 13.1. The predicted molar refractivity (Wildman–Crippen MR) is 189 cm³/mol. The first-order valence-electron chi connectivity index (χ1n) is 16.8. The lowest BCUT2D eigenvalue weighted by molar-refractivity contribution is -0.140. The Bertz CT molecular complexity index is 1670. The summed E-state index contributed by atoms with van der Waals surface area (Å²) >= 11 is 0. The average Bonchev–Trinajstić information content (AvgIpc) is 3.60. The number of fused-ring (bicyclic) bond motifs is 1. The molecule has 0 fully saturated rings. The first-order valence-corrected chi connectivity index (χ1v) is 16.8. The number of aromatic amines is 1. The molecule has 1 aromatic heterocycles. The molecule has 1 heterocycles. The van der Waals surface area contributed by atoms with Crippen LogP contribution in [0.1, 0.15) is 43.5 Å². The van der Waals surface area contributed by atoms with Crippen molar-refractivity contribution >= 4 is 34.4 Å². The minimum Gasteiger partial charge on any atom is -0.381 e. The molecule has 0 aliphatic carbocycles. The Morgan fingerprint density at radius 2 is 1.59 bits per heavy atom. The van der Waals surface area contributed by atoms with Crippen molar-refractivity contribution in [3.8, 4) is 0 Å². The molecular formula is C38H48N6O5. The van der Waals surface area contributed by atoms with Crippen LogP contribution in [0.4, 0.5) is 0 Å². The summed E-state index contributed by atoms with van der Waals surface area (Å²) in [4.78, 5) is 62.3. The van der Waals surface area contributed by atoms with Crippen LogP contribution in [0.25, 0.3) is 10.8 Å². The minimum absolute atomic E-state index is 0.0530. The van der Waals surface area contributed by atoms with Gasteiger partial charge >= 0.3 is 0 Å². The van der Waals surface area contributed by atoms with Gasteiger partial charge in [-0.05, 0) is 47.1 Å². The molecule has 260 valence electrons. The molecule has 0 aliphatic rings. The van der Waals surface area contributed by atoms with E-state index in [1.54, 1.807) is 6.20 Å². The predicted octanol–water partition coefficient (Wildman–Crippen LogP) is 3.18. The maximum atomic E-state index is 14.1. The number of nitrogens with zero attached hydrogens (tertiary/aromatic N) is 2. The number of carbonyl (C=O) groups is 4. The molecule has 0 bridgehead atoms. The fraction of sp³-hybridized carbons (Fsp3) is 0.395. The van der Waals surface area contributed by atoms with E-state index in [9.17, 15) is 24.3 Å². The van der Waals surface area contributed by atoms with Crippen molar-refractivity contribution in [1.29, 1.82) is 0 Å². The van der Waals surface area contributed by atoms with Crippen LogP contribution < -0.4 is 16.0 Å². The highest BCUT2D eigenvalue weighted by Gasteiger charge is 2.33. The lowest BCUT2D eigenvalue weighted by atomic mass is 9.91. The van der Waals surface area contributed by atoms with Gasteiger partial charge in [-0.2, -0.15) is 0 Å². The van der Waals surface area contributed by atoms with Gasteiger partial charge in [0.2, 0.25) is 17.7 Å².